The van der Waals surface area contributed by atoms with E-state index in [1.54, 1.807) is 6.21 Å². The molecule has 2 aromatic rings. The summed E-state index contributed by atoms with van der Waals surface area (Å²) in [6.07, 6.45) is 1.58. The van der Waals surface area contributed by atoms with Crippen molar-refractivity contribution in [3.63, 3.8) is 0 Å². The van der Waals surface area contributed by atoms with Gasteiger partial charge >= 0.3 is 0 Å². The Kier molecular flexibility index (Phi) is 6.11. The van der Waals surface area contributed by atoms with E-state index in [1.807, 2.05) is 42.5 Å². The molecule has 1 saturated heterocycles. The van der Waals surface area contributed by atoms with Gasteiger partial charge in [-0.1, -0.05) is 63.6 Å². The van der Waals surface area contributed by atoms with Crippen LogP contribution >= 0.6 is 51.5 Å². The van der Waals surface area contributed by atoms with E-state index < -0.39 is 0 Å². The molecule has 0 bridgehead atoms. The molecule has 0 radical (unpaired) electrons. The maximum Gasteiger partial charge on any atom is 0.259 e. The molecule has 1 aliphatic heterocycles. The Hall–Kier alpha value is -1.41. The normalized spacial score (nSPS) is 14.6. The van der Waals surface area contributed by atoms with Crippen molar-refractivity contribution < 1.29 is 9.53 Å². The van der Waals surface area contributed by atoms with E-state index in [0.717, 1.165) is 15.6 Å². The van der Waals surface area contributed by atoms with Crippen LogP contribution in [0.4, 0.5) is 0 Å². The minimum atomic E-state index is -0.120. The number of hydrazone groups is 1. The lowest BCUT2D eigenvalue weighted by molar-refractivity contribution is -0.123. The molecule has 25 heavy (non-hydrogen) atoms. The van der Waals surface area contributed by atoms with Gasteiger partial charge in [0.25, 0.3) is 5.91 Å². The smallest absolute Gasteiger partial charge is 0.259 e. The SMILES string of the molecule is O=C1CSC(=S)N1/N=C/c1cc(Br)ccc1OCc1ccc(Cl)cc1. The summed E-state index contributed by atoms with van der Waals surface area (Å²) in [5.41, 5.74) is 1.75. The highest BCUT2D eigenvalue weighted by Crippen LogP contribution is 2.24. The molecule has 1 heterocycles. The number of thioether (sulfide) groups is 1. The van der Waals surface area contributed by atoms with Gasteiger partial charge in [-0.15, -0.1) is 0 Å². The van der Waals surface area contributed by atoms with Crippen molar-refractivity contribution in [1.29, 1.82) is 0 Å². The summed E-state index contributed by atoms with van der Waals surface area (Å²) in [5, 5.41) is 6.13. The Labute approximate surface area is 168 Å². The molecule has 0 aliphatic carbocycles. The molecule has 1 fully saturated rings. The van der Waals surface area contributed by atoms with Gasteiger partial charge in [0.15, 0.2) is 4.32 Å². The van der Waals surface area contributed by atoms with Crippen molar-refractivity contribution in [2.24, 2.45) is 5.10 Å². The Balaban J connectivity index is 1.77. The number of ether oxygens (including phenoxy) is 1. The predicted octanol–water partition coefficient (Wildman–Crippen LogP) is 4.88. The summed E-state index contributed by atoms with van der Waals surface area (Å²) in [5.74, 6) is 0.867. The van der Waals surface area contributed by atoms with Crippen LogP contribution in [0.25, 0.3) is 0 Å². The van der Waals surface area contributed by atoms with Crippen LogP contribution in [-0.2, 0) is 11.4 Å². The zero-order chi connectivity index (χ0) is 17.8. The number of benzene rings is 2. The molecule has 0 spiro atoms. The van der Waals surface area contributed by atoms with Crippen LogP contribution in [0, 0.1) is 0 Å². The molecule has 1 aliphatic rings. The number of halogens is 2. The van der Waals surface area contributed by atoms with Gasteiger partial charge in [-0.25, -0.2) is 0 Å². The van der Waals surface area contributed by atoms with Crippen LogP contribution in [0.15, 0.2) is 52.0 Å². The van der Waals surface area contributed by atoms with Crippen molar-refractivity contribution in [1.82, 2.24) is 5.01 Å². The first-order valence-electron chi connectivity index (χ1n) is 7.23. The van der Waals surface area contributed by atoms with Gasteiger partial charge in [0.1, 0.15) is 12.4 Å². The molecule has 0 aromatic heterocycles. The van der Waals surface area contributed by atoms with Crippen LogP contribution in [0.2, 0.25) is 5.02 Å². The van der Waals surface area contributed by atoms with E-state index in [4.69, 9.17) is 28.6 Å². The molecule has 8 heteroatoms. The molecule has 128 valence electrons. The molecule has 0 atom stereocenters. The minimum Gasteiger partial charge on any atom is -0.488 e. The summed E-state index contributed by atoms with van der Waals surface area (Å²) in [6, 6.07) is 13.1. The Bertz CT molecular complexity index is 827. The van der Waals surface area contributed by atoms with E-state index in [-0.39, 0.29) is 5.91 Å². The van der Waals surface area contributed by atoms with Crippen LogP contribution in [-0.4, -0.2) is 27.2 Å². The van der Waals surface area contributed by atoms with Crippen LogP contribution in [0.5, 0.6) is 5.75 Å². The Morgan fingerprint density at radius 1 is 1.32 bits per heavy atom. The summed E-state index contributed by atoms with van der Waals surface area (Å²) in [4.78, 5) is 11.7. The van der Waals surface area contributed by atoms with E-state index in [0.29, 0.717) is 27.5 Å². The predicted molar refractivity (Wildman–Crippen MR) is 109 cm³/mol. The van der Waals surface area contributed by atoms with Gasteiger partial charge in [-0.3, -0.25) is 4.79 Å². The molecule has 0 N–H and O–H groups in total. The first-order chi connectivity index (χ1) is 12.0. The molecule has 4 nitrogen and oxygen atoms in total. The summed E-state index contributed by atoms with van der Waals surface area (Å²) < 4.78 is 7.24. The van der Waals surface area contributed by atoms with E-state index in [2.05, 4.69) is 21.0 Å². The molecule has 0 unspecified atom stereocenters. The monoisotopic (exact) mass is 454 g/mol. The summed E-state index contributed by atoms with van der Waals surface area (Å²) in [6.45, 7) is 0.399. The van der Waals surface area contributed by atoms with Crippen LogP contribution < -0.4 is 4.74 Å². The number of nitrogens with zero attached hydrogens (tertiary/aromatic N) is 2. The number of thiocarbonyl (C=S) groups is 1. The summed E-state index contributed by atoms with van der Waals surface area (Å²) >= 11 is 15.8. The fraction of sp³-hybridized carbons (Fsp3) is 0.118. The number of carbonyl (C=O) groups is 1. The Morgan fingerprint density at radius 3 is 2.76 bits per heavy atom. The third-order valence-electron chi connectivity index (χ3n) is 3.32. The number of hydrogen-bond donors (Lipinski definition) is 0. The summed E-state index contributed by atoms with van der Waals surface area (Å²) in [7, 11) is 0. The number of amides is 1. The van der Waals surface area contributed by atoms with Crippen LogP contribution in [0.3, 0.4) is 0 Å². The third kappa shape index (κ3) is 4.82. The van der Waals surface area contributed by atoms with E-state index in [1.165, 1.54) is 16.8 Å². The molecule has 2 aromatic carbocycles. The minimum absolute atomic E-state index is 0.120. The molecule has 3 rings (SSSR count). The quantitative estimate of drug-likeness (QED) is 0.476. The van der Waals surface area contributed by atoms with Gasteiger partial charge in [0, 0.05) is 15.1 Å². The van der Waals surface area contributed by atoms with Gasteiger partial charge < -0.3 is 4.74 Å². The van der Waals surface area contributed by atoms with Crippen molar-refractivity contribution in [3.05, 3.63) is 63.1 Å². The van der Waals surface area contributed by atoms with Crippen molar-refractivity contribution >= 4 is 68.0 Å². The highest BCUT2D eigenvalue weighted by Gasteiger charge is 2.26. The first kappa shape index (κ1) is 18.4. The second-order valence-corrected chi connectivity index (χ2v) is 8.06. The lowest BCUT2D eigenvalue weighted by Crippen LogP contribution is -2.22. The molecular weight excluding hydrogens is 444 g/mol. The van der Waals surface area contributed by atoms with Gasteiger partial charge in [-0.2, -0.15) is 10.1 Å². The van der Waals surface area contributed by atoms with Crippen molar-refractivity contribution in [2.45, 2.75) is 6.61 Å². The maximum atomic E-state index is 11.7. The van der Waals surface area contributed by atoms with Gasteiger partial charge in [-0.05, 0) is 35.9 Å². The largest absolute Gasteiger partial charge is 0.488 e. The third-order valence-corrected chi connectivity index (χ3v) is 5.40. The average Bonchev–Trinajstić information content (AvgIpc) is 2.92. The first-order valence-corrected chi connectivity index (χ1v) is 9.80. The van der Waals surface area contributed by atoms with Crippen molar-refractivity contribution in [2.75, 3.05) is 5.75 Å². The highest BCUT2D eigenvalue weighted by atomic mass is 79.9. The zero-order valence-electron chi connectivity index (χ0n) is 12.8. The topological polar surface area (TPSA) is 41.9 Å². The fourth-order valence-corrected chi connectivity index (χ4v) is 3.54. The average molecular weight is 456 g/mol. The lowest BCUT2D eigenvalue weighted by Gasteiger charge is -2.11. The van der Waals surface area contributed by atoms with Crippen LogP contribution in [0.1, 0.15) is 11.1 Å². The van der Waals surface area contributed by atoms with E-state index in [9.17, 15) is 4.79 Å². The van der Waals surface area contributed by atoms with Gasteiger partial charge in [0.2, 0.25) is 0 Å². The molecule has 0 saturated carbocycles. The maximum absolute atomic E-state index is 11.7. The van der Waals surface area contributed by atoms with Gasteiger partial charge in [0.05, 0.1) is 12.0 Å². The van der Waals surface area contributed by atoms with Crippen molar-refractivity contribution in [3.8, 4) is 5.75 Å². The number of carbonyl (C=O) groups excluding carboxylic acids is 1. The molecule has 1 amide bonds. The molecular formula is C17H12BrClN2O2S2. The number of hydrogen-bond acceptors (Lipinski definition) is 5. The van der Waals surface area contributed by atoms with E-state index >= 15 is 0 Å². The second-order valence-electron chi connectivity index (χ2n) is 5.10. The standard InChI is InChI=1S/C17H12BrClN2O2S2/c18-13-3-6-15(23-9-11-1-4-14(19)5-2-11)12(7-13)8-20-21-16(22)10-25-17(21)24/h1-8H,9-10H2/b20-8+. The number of rotatable bonds is 5. The lowest BCUT2D eigenvalue weighted by atomic mass is 10.2. The highest BCUT2D eigenvalue weighted by molar-refractivity contribution is 9.10. The fourth-order valence-electron chi connectivity index (χ4n) is 2.07. The zero-order valence-corrected chi connectivity index (χ0v) is 16.8. The Morgan fingerprint density at radius 2 is 2.08 bits per heavy atom. The second kappa shape index (κ2) is 8.31.